The van der Waals surface area contributed by atoms with E-state index < -0.39 is 27.2 Å². The number of hydrogen-bond donors (Lipinski definition) is 1. The Hall–Kier alpha value is -3.11. The van der Waals surface area contributed by atoms with Crippen molar-refractivity contribution in [3.8, 4) is 11.3 Å². The van der Waals surface area contributed by atoms with Gasteiger partial charge in [-0.25, -0.2) is 17.2 Å². The number of rotatable bonds is 5. The molecule has 3 aromatic rings. The summed E-state index contributed by atoms with van der Waals surface area (Å²) in [6, 6.07) is 9.41. The molecule has 10 heteroatoms. The number of nitrogens with zero attached hydrogens (tertiary/aromatic N) is 3. The van der Waals surface area contributed by atoms with Crippen LogP contribution in [0.3, 0.4) is 0 Å². The molecule has 0 spiro atoms. The third kappa shape index (κ3) is 4.71. The van der Waals surface area contributed by atoms with Crippen molar-refractivity contribution in [2.24, 2.45) is 0 Å². The van der Waals surface area contributed by atoms with Crippen molar-refractivity contribution in [3.05, 3.63) is 65.2 Å². The number of ether oxygens (including phenoxy) is 1. The molecule has 0 radical (unpaired) electrons. The number of hydrogen-bond acceptors (Lipinski definition) is 7. The Bertz CT molecular complexity index is 1260. The van der Waals surface area contributed by atoms with Crippen LogP contribution in [0.5, 0.6) is 0 Å². The van der Waals surface area contributed by atoms with Crippen LogP contribution in [0.4, 0.5) is 20.3 Å². The van der Waals surface area contributed by atoms with Gasteiger partial charge in [-0.1, -0.05) is 6.07 Å². The second-order valence-electron chi connectivity index (χ2n) is 7.61. The Kier molecular flexibility index (Phi) is 6.07. The first-order chi connectivity index (χ1) is 15.2. The van der Waals surface area contributed by atoms with Crippen molar-refractivity contribution >= 4 is 21.3 Å². The Labute approximate surface area is 184 Å². The van der Waals surface area contributed by atoms with Gasteiger partial charge in [-0.3, -0.25) is 0 Å². The minimum Gasteiger partial charge on any atom is -0.382 e. The number of aromatic nitrogens is 2. The average Bonchev–Trinajstić information content (AvgIpc) is 2.76. The topological polar surface area (TPSA) is 98.4 Å². The predicted octanol–water partition coefficient (Wildman–Crippen LogP) is 3.12. The normalized spacial score (nSPS) is 14.5. The summed E-state index contributed by atoms with van der Waals surface area (Å²) in [5, 5.41) is 8.05. The monoisotopic (exact) mass is 460 g/mol. The molecule has 1 aliphatic heterocycles. The van der Waals surface area contributed by atoms with Gasteiger partial charge in [0.2, 0.25) is 0 Å². The lowest BCUT2D eigenvalue weighted by Crippen LogP contribution is -2.36. The zero-order valence-electron chi connectivity index (χ0n) is 17.4. The molecular weight excluding hydrogens is 438 g/mol. The molecule has 0 saturated carbocycles. The lowest BCUT2D eigenvalue weighted by atomic mass is 10.1. The number of nitrogen functional groups attached to an aromatic ring is 1. The largest absolute Gasteiger partial charge is 0.382 e. The number of sulfone groups is 1. The van der Waals surface area contributed by atoms with E-state index in [1.54, 1.807) is 12.1 Å². The number of nitrogens with two attached hydrogens (primary N) is 1. The molecule has 2 heterocycles. The van der Waals surface area contributed by atoms with Crippen LogP contribution in [0, 0.1) is 18.6 Å². The van der Waals surface area contributed by atoms with Gasteiger partial charge >= 0.3 is 0 Å². The van der Waals surface area contributed by atoms with Gasteiger partial charge in [0.15, 0.2) is 9.84 Å². The molecule has 0 unspecified atom stereocenters. The molecule has 32 heavy (non-hydrogen) atoms. The third-order valence-corrected chi connectivity index (χ3v) is 6.91. The maximum Gasteiger partial charge on any atom is 0.182 e. The summed E-state index contributed by atoms with van der Waals surface area (Å²) in [6.07, 6.45) is 0. The van der Waals surface area contributed by atoms with E-state index in [-0.39, 0.29) is 16.3 Å². The Balaban J connectivity index is 1.80. The first-order valence-electron chi connectivity index (χ1n) is 9.97. The smallest absolute Gasteiger partial charge is 0.182 e. The van der Waals surface area contributed by atoms with Crippen LogP contribution in [0.1, 0.15) is 11.1 Å². The van der Waals surface area contributed by atoms with E-state index in [1.165, 1.54) is 6.07 Å². The van der Waals surface area contributed by atoms with E-state index >= 15 is 0 Å². The standard InChI is InChI=1S/C22H22F2N4O3S/c1-14-8-21(25)26-27-22(14)16-9-18(28-4-6-31-7-5-28)12-19(10-16)32(29,30)13-15-2-3-17(23)11-20(15)24/h2-3,8-12H,4-7,13H2,1H3,(H2,25,26). The van der Waals surface area contributed by atoms with E-state index in [4.69, 9.17) is 10.5 Å². The molecule has 0 atom stereocenters. The summed E-state index contributed by atoms with van der Waals surface area (Å²) < 4.78 is 59.3. The van der Waals surface area contributed by atoms with Crippen molar-refractivity contribution in [1.29, 1.82) is 0 Å². The predicted molar refractivity (Wildman–Crippen MR) is 117 cm³/mol. The lowest BCUT2D eigenvalue weighted by molar-refractivity contribution is 0.122. The molecule has 2 aromatic carbocycles. The minimum atomic E-state index is -3.95. The Morgan fingerprint density at radius 3 is 2.50 bits per heavy atom. The number of aryl methyl sites for hydroxylation is 1. The molecule has 1 aliphatic rings. The highest BCUT2D eigenvalue weighted by molar-refractivity contribution is 7.90. The van der Waals surface area contributed by atoms with Crippen LogP contribution in [0.15, 0.2) is 47.4 Å². The third-order valence-electron chi connectivity index (χ3n) is 5.26. The number of halogens is 2. The highest BCUT2D eigenvalue weighted by atomic mass is 32.2. The maximum absolute atomic E-state index is 14.1. The number of morpholine rings is 1. The zero-order valence-corrected chi connectivity index (χ0v) is 18.2. The van der Waals surface area contributed by atoms with Crippen molar-refractivity contribution in [3.63, 3.8) is 0 Å². The van der Waals surface area contributed by atoms with Gasteiger partial charge in [0.25, 0.3) is 0 Å². The molecular formula is C22H22F2N4O3S. The van der Waals surface area contributed by atoms with Crippen molar-refractivity contribution in [1.82, 2.24) is 10.2 Å². The summed E-state index contributed by atoms with van der Waals surface area (Å²) in [5.41, 5.74) is 8.08. The van der Waals surface area contributed by atoms with Gasteiger partial charge < -0.3 is 15.4 Å². The fourth-order valence-corrected chi connectivity index (χ4v) is 5.04. The van der Waals surface area contributed by atoms with Crippen LogP contribution in [-0.4, -0.2) is 44.9 Å². The summed E-state index contributed by atoms with van der Waals surface area (Å²) >= 11 is 0. The van der Waals surface area contributed by atoms with Crippen LogP contribution in [0.25, 0.3) is 11.3 Å². The van der Waals surface area contributed by atoms with Gasteiger partial charge in [0, 0.05) is 36.0 Å². The van der Waals surface area contributed by atoms with Crippen LogP contribution < -0.4 is 10.6 Å². The summed E-state index contributed by atoms with van der Waals surface area (Å²) in [6.45, 7) is 4.05. The van der Waals surface area contributed by atoms with E-state index in [0.29, 0.717) is 49.3 Å². The first kappa shape index (κ1) is 22.1. The second kappa shape index (κ2) is 8.79. The quantitative estimate of drug-likeness (QED) is 0.625. The van der Waals surface area contributed by atoms with Gasteiger partial charge in [-0.05, 0) is 42.8 Å². The van der Waals surface area contributed by atoms with Crippen LogP contribution in [-0.2, 0) is 20.3 Å². The van der Waals surface area contributed by atoms with Crippen molar-refractivity contribution in [2.75, 3.05) is 36.9 Å². The van der Waals surface area contributed by atoms with Crippen LogP contribution in [0.2, 0.25) is 0 Å². The second-order valence-corrected chi connectivity index (χ2v) is 9.60. The average molecular weight is 461 g/mol. The fourth-order valence-electron chi connectivity index (χ4n) is 3.62. The highest BCUT2D eigenvalue weighted by Crippen LogP contribution is 2.32. The lowest BCUT2D eigenvalue weighted by Gasteiger charge is -2.29. The summed E-state index contributed by atoms with van der Waals surface area (Å²) in [4.78, 5) is 2.03. The summed E-state index contributed by atoms with van der Waals surface area (Å²) in [5.74, 6) is -2.01. The molecule has 0 aliphatic carbocycles. The SMILES string of the molecule is Cc1cc(N)nnc1-c1cc(N2CCOCC2)cc(S(=O)(=O)Cc2ccc(F)cc2F)c1. The molecule has 168 valence electrons. The number of anilines is 2. The molecule has 7 nitrogen and oxygen atoms in total. The maximum atomic E-state index is 14.1. The van der Waals surface area contributed by atoms with Gasteiger partial charge in [-0.15, -0.1) is 10.2 Å². The van der Waals surface area contributed by atoms with E-state index in [0.717, 1.165) is 17.7 Å². The summed E-state index contributed by atoms with van der Waals surface area (Å²) in [7, 11) is -3.95. The molecule has 0 amide bonds. The highest BCUT2D eigenvalue weighted by Gasteiger charge is 2.23. The minimum absolute atomic E-state index is 0.0123. The van der Waals surface area contributed by atoms with Gasteiger partial charge in [0.05, 0.1) is 29.6 Å². The fraction of sp³-hybridized carbons (Fsp3) is 0.273. The molecule has 1 saturated heterocycles. The molecule has 1 fully saturated rings. The molecule has 0 bridgehead atoms. The molecule has 2 N–H and O–H groups in total. The Morgan fingerprint density at radius 1 is 1.06 bits per heavy atom. The number of benzene rings is 2. The molecule has 4 rings (SSSR count). The molecule has 1 aromatic heterocycles. The van der Waals surface area contributed by atoms with Gasteiger partial charge in [-0.2, -0.15) is 0 Å². The van der Waals surface area contributed by atoms with Crippen LogP contribution >= 0.6 is 0 Å². The van der Waals surface area contributed by atoms with E-state index in [1.807, 2.05) is 17.9 Å². The zero-order chi connectivity index (χ0) is 22.9. The Morgan fingerprint density at radius 2 is 1.81 bits per heavy atom. The van der Waals surface area contributed by atoms with E-state index in [9.17, 15) is 17.2 Å². The van der Waals surface area contributed by atoms with E-state index in [2.05, 4.69) is 10.2 Å². The van der Waals surface area contributed by atoms with Gasteiger partial charge in [0.1, 0.15) is 17.5 Å². The first-order valence-corrected chi connectivity index (χ1v) is 11.6. The van der Waals surface area contributed by atoms with Crippen molar-refractivity contribution < 1.29 is 21.9 Å². The van der Waals surface area contributed by atoms with Crippen molar-refractivity contribution in [2.45, 2.75) is 17.6 Å².